The van der Waals surface area contributed by atoms with Crippen molar-refractivity contribution < 1.29 is 19.1 Å². The number of hydrogen-bond acceptors (Lipinski definition) is 3. The Bertz CT molecular complexity index is 161. The molecule has 4 heteroatoms. The van der Waals surface area contributed by atoms with Crippen molar-refractivity contribution in [2.75, 3.05) is 0 Å². The van der Waals surface area contributed by atoms with E-state index in [1.807, 2.05) is 0 Å². The van der Waals surface area contributed by atoms with E-state index in [1.165, 1.54) is 0 Å². The third-order valence-electron chi connectivity index (χ3n) is 0.585. The van der Waals surface area contributed by atoms with Crippen molar-refractivity contribution in [2.45, 2.75) is 19.0 Å². The maximum atomic E-state index is 10.1. The Morgan fingerprint density at radius 3 is 2.75 bits per heavy atom. The second kappa shape index (κ2) is 2.64. The smallest absolute Gasteiger partial charge is 0.323 e. The zero-order valence-electron chi connectivity index (χ0n) is 7.03. The fourth-order valence-electron chi connectivity index (χ4n) is 0.127. The van der Waals surface area contributed by atoms with E-state index in [-0.39, 0.29) is 0 Å². The van der Waals surface area contributed by atoms with Gasteiger partial charge in [-0.15, -0.1) is 0 Å². The molecule has 0 aliphatic carbocycles. The van der Waals surface area contributed by atoms with Crippen LogP contribution in [0.5, 0.6) is 0 Å². The van der Waals surface area contributed by atoms with Gasteiger partial charge in [-0.05, 0) is 6.88 Å². The van der Waals surface area contributed by atoms with Crippen LogP contribution in [-0.2, 0) is 4.79 Å². The van der Waals surface area contributed by atoms with Gasteiger partial charge in [0.25, 0.3) is 0 Å². The van der Waals surface area contributed by atoms with Crippen molar-refractivity contribution in [2.24, 2.45) is 5.73 Å². The fourth-order valence-corrected chi connectivity index (χ4v) is 0.127. The van der Waals surface area contributed by atoms with Gasteiger partial charge in [0, 0.05) is 2.74 Å². The molecule has 0 saturated carbocycles. The molecule has 0 aromatic heterocycles. The highest BCUT2D eigenvalue weighted by Crippen LogP contribution is 1.85. The summed E-state index contributed by atoms with van der Waals surface area (Å²) >= 11 is 0. The van der Waals surface area contributed by atoms with Crippen LogP contribution in [0.2, 0.25) is 0 Å². The number of carbonyl (C=O) groups is 1. The lowest BCUT2D eigenvalue weighted by Crippen LogP contribution is -2.39. The van der Waals surface area contributed by atoms with Crippen LogP contribution < -0.4 is 5.73 Å². The largest absolute Gasteiger partial charge is 0.480 e. The summed E-state index contributed by atoms with van der Waals surface area (Å²) in [7, 11) is 0. The number of rotatable bonds is 2. The van der Waals surface area contributed by atoms with E-state index in [9.17, 15) is 4.79 Å². The number of nitrogens with two attached hydrogens (primary N) is 1. The molecule has 0 saturated heterocycles. The quantitative estimate of drug-likeness (QED) is 0.320. The Labute approximate surface area is 51.1 Å². The zero-order valence-corrected chi connectivity index (χ0v) is 4.03. The van der Waals surface area contributed by atoms with Crippen molar-refractivity contribution in [3.05, 3.63) is 0 Å². The van der Waals surface area contributed by atoms with Crippen LogP contribution in [0.15, 0.2) is 0 Å². The fraction of sp³-hybridized carbons (Fsp3) is 0.750. The Kier molecular flexibility index (Phi) is 1.13. The van der Waals surface area contributed by atoms with Gasteiger partial charge in [-0.2, -0.15) is 0 Å². The molecular weight excluding hydrogens is 114 g/mol. The molecule has 0 aromatic carbocycles. The number of hydrogen-bond donors (Lipinski definition) is 3. The number of aliphatic hydroxyl groups is 1. The van der Waals surface area contributed by atoms with E-state index in [1.54, 1.807) is 0 Å². The predicted molar refractivity (Wildman–Crippen MR) is 27.3 cm³/mol. The summed E-state index contributed by atoms with van der Waals surface area (Å²) in [6.07, 6.45) is -2.76. The van der Waals surface area contributed by atoms with Gasteiger partial charge in [0.15, 0.2) is 0 Å². The lowest BCUT2D eigenvalue weighted by Gasteiger charge is -2.06. The van der Waals surface area contributed by atoms with Crippen molar-refractivity contribution in [1.82, 2.24) is 0 Å². The predicted octanol–water partition coefficient (Wildman–Crippen LogP) is -1.22. The second-order valence-electron chi connectivity index (χ2n) is 1.24. The summed E-state index contributed by atoms with van der Waals surface area (Å²) in [6.45, 7) is -2.01. The highest BCUT2D eigenvalue weighted by atomic mass is 16.5. The van der Waals surface area contributed by atoms with Crippen LogP contribution in [0, 0.1) is 0 Å². The molecule has 0 bridgehead atoms. The normalized spacial score (nSPS) is 27.1. The third-order valence-corrected chi connectivity index (χ3v) is 0.585. The maximum Gasteiger partial charge on any atom is 0.323 e. The lowest BCUT2D eigenvalue weighted by molar-refractivity contribution is -0.140. The lowest BCUT2D eigenvalue weighted by atomic mass is 10.7. The summed E-state index contributed by atoms with van der Waals surface area (Å²) < 4.78 is 20.0. The Hall–Kier alpha value is -0.610. The number of carboxylic acid groups (broad SMARTS) is 1. The van der Waals surface area contributed by atoms with E-state index in [2.05, 4.69) is 0 Å². The molecule has 8 heavy (non-hydrogen) atoms. The van der Waals surface area contributed by atoms with Crippen molar-refractivity contribution in [1.29, 1.82) is 0 Å². The summed E-state index contributed by atoms with van der Waals surface area (Å²) in [4.78, 5) is 10.1. The summed E-state index contributed by atoms with van der Waals surface area (Å²) in [6, 6.07) is -1.93. The molecule has 0 spiro atoms. The summed E-state index contributed by atoms with van der Waals surface area (Å²) in [5.74, 6) is -1.60. The van der Waals surface area contributed by atoms with Gasteiger partial charge >= 0.3 is 5.97 Å². The average molecular weight is 126 g/mol. The van der Waals surface area contributed by atoms with Gasteiger partial charge in [0.05, 0.1) is 7.45 Å². The minimum Gasteiger partial charge on any atom is -0.480 e. The molecule has 0 fully saturated rings. The van der Waals surface area contributed by atoms with E-state index in [0.717, 1.165) is 0 Å². The standard InChI is InChI=1S/C4H9NO3/c1-2(6)3(5)4(7)8/h2-3,6H,5H2,1H3,(H,7,8)/t2-,3+/m1/s1/i1+1D2,2D,3+1,4+1,5+1. The molecule has 0 rings (SSSR count). The first-order valence-electron chi connectivity index (χ1n) is 3.51. The zero-order chi connectivity index (χ0) is 9.23. The minimum absolute atomic E-state index is 1.60. The maximum absolute atomic E-state index is 10.1. The second-order valence-corrected chi connectivity index (χ2v) is 1.24. The monoisotopic (exact) mass is 126 g/mol. The molecule has 0 aliphatic rings. The van der Waals surface area contributed by atoms with Gasteiger partial charge < -0.3 is 15.9 Å². The summed E-state index contributed by atoms with van der Waals surface area (Å²) in [5, 5.41) is 17.0. The van der Waals surface area contributed by atoms with Crippen molar-refractivity contribution in [3.63, 3.8) is 0 Å². The van der Waals surface area contributed by atoms with Crippen LogP contribution in [0.25, 0.3) is 0 Å². The molecule has 48 valence electrons. The van der Waals surface area contributed by atoms with Crippen LogP contribution in [0.1, 0.15) is 11.0 Å². The minimum atomic E-state index is -2.76. The van der Waals surface area contributed by atoms with E-state index in [0.29, 0.717) is 0 Å². The topological polar surface area (TPSA) is 83.5 Å². The summed E-state index contributed by atoms with van der Waals surface area (Å²) in [5.41, 5.74) is 4.82. The average Bonchev–Trinajstić information content (AvgIpc) is 1.85. The van der Waals surface area contributed by atoms with Gasteiger partial charge in [-0.1, -0.05) is 0 Å². The van der Waals surface area contributed by atoms with Gasteiger partial charge in [-0.3, -0.25) is 4.79 Å². The van der Waals surface area contributed by atoms with Crippen molar-refractivity contribution in [3.8, 4) is 0 Å². The first kappa shape index (κ1) is 3.42. The van der Waals surface area contributed by atoms with Crippen LogP contribution in [0.3, 0.4) is 0 Å². The number of aliphatic carboxylic acids is 1. The Balaban J connectivity index is 4.41. The molecule has 4 N–H and O–H groups in total. The number of carboxylic acids is 1. The van der Waals surface area contributed by atoms with Gasteiger partial charge in [0.1, 0.15) is 6.04 Å². The first-order chi connectivity index (χ1) is 4.80. The molecular formula is C4H9NO3. The first-order valence-corrected chi connectivity index (χ1v) is 1.85. The molecule has 0 heterocycles. The molecule has 0 unspecified atom stereocenters. The van der Waals surface area contributed by atoms with Gasteiger partial charge in [-0.25, -0.2) is 0 Å². The molecule has 0 aromatic rings. The molecule has 0 radical (unpaired) electrons. The van der Waals surface area contributed by atoms with E-state index in [4.69, 9.17) is 20.1 Å². The highest BCUT2D eigenvalue weighted by molar-refractivity contribution is 5.73. The van der Waals surface area contributed by atoms with Crippen LogP contribution >= 0.6 is 0 Å². The van der Waals surface area contributed by atoms with Crippen molar-refractivity contribution >= 4 is 5.97 Å². The van der Waals surface area contributed by atoms with Gasteiger partial charge in [0.2, 0.25) is 0 Å². The Morgan fingerprint density at radius 2 is 2.62 bits per heavy atom. The molecule has 0 amide bonds. The van der Waals surface area contributed by atoms with E-state index < -0.39 is 25.0 Å². The van der Waals surface area contributed by atoms with Crippen LogP contribution in [-0.4, -0.2) is 28.3 Å². The Morgan fingerprint density at radius 1 is 2.12 bits per heavy atom. The van der Waals surface area contributed by atoms with E-state index >= 15 is 0 Å². The van der Waals surface area contributed by atoms with Crippen LogP contribution in [0.4, 0.5) is 0 Å². The molecule has 0 aliphatic heterocycles. The SMILES string of the molecule is [2H][13CH]([2H])[C@@]([2H])(O)[13C@H]([15NH2])[13C](=O)O. The molecule has 2 atom stereocenters. The highest BCUT2D eigenvalue weighted by Gasteiger charge is 2.16. The third kappa shape index (κ3) is 1.90. The molecule has 4 nitrogen and oxygen atoms in total.